The van der Waals surface area contributed by atoms with Crippen LogP contribution < -0.4 is 10.1 Å². The summed E-state index contributed by atoms with van der Waals surface area (Å²) in [6.45, 7) is 4.36. The third kappa shape index (κ3) is 5.82. The highest BCUT2D eigenvalue weighted by molar-refractivity contribution is 5.96. The average molecular weight is 479 g/mol. The first kappa shape index (κ1) is 24.3. The molecule has 0 bridgehead atoms. The highest BCUT2D eigenvalue weighted by Gasteiger charge is 2.18. The van der Waals surface area contributed by atoms with Gasteiger partial charge in [0, 0.05) is 41.7 Å². The minimum absolute atomic E-state index is 0.0615. The van der Waals surface area contributed by atoms with Gasteiger partial charge in [-0.25, -0.2) is 4.79 Å². The number of aryl methyl sites for hydroxylation is 2. The third-order valence-electron chi connectivity index (χ3n) is 6.11. The van der Waals surface area contributed by atoms with E-state index in [4.69, 9.17) is 13.9 Å². The van der Waals surface area contributed by atoms with Crippen LogP contribution in [0.25, 0.3) is 11.0 Å². The lowest BCUT2D eigenvalue weighted by atomic mass is 9.96. The number of esters is 1. The van der Waals surface area contributed by atoms with Gasteiger partial charge in [0.1, 0.15) is 17.1 Å². The normalized spacial score (nSPS) is 12.6. The Morgan fingerprint density at radius 3 is 2.46 bits per heavy atom. The molecule has 0 fully saturated rings. The number of rotatable bonds is 9. The molecule has 1 heterocycles. The van der Waals surface area contributed by atoms with Gasteiger partial charge in [-0.15, -0.1) is 0 Å². The first-order chi connectivity index (χ1) is 17.0. The molecule has 35 heavy (non-hydrogen) atoms. The molecule has 2 aromatic carbocycles. The molecule has 4 rings (SSSR count). The van der Waals surface area contributed by atoms with Crippen molar-refractivity contribution < 1.29 is 28.3 Å². The minimum atomic E-state index is -0.644. The minimum Gasteiger partial charge on any atom is -0.482 e. The van der Waals surface area contributed by atoms with Crippen LogP contribution in [0.15, 0.2) is 46.9 Å². The molecule has 0 saturated carbocycles. The molecule has 0 aliphatic heterocycles. The monoisotopic (exact) mass is 478 g/mol. The van der Waals surface area contributed by atoms with E-state index in [1.807, 2.05) is 26.0 Å². The highest BCUT2D eigenvalue weighted by atomic mass is 16.6. The second kappa shape index (κ2) is 11.1. The first-order valence-electron chi connectivity index (χ1n) is 12.0. The number of fused-ring (bicyclic) bond motifs is 3. The Morgan fingerprint density at radius 2 is 1.71 bits per heavy atom. The fourth-order valence-electron chi connectivity index (χ4n) is 4.25. The van der Waals surface area contributed by atoms with Crippen LogP contribution in [0.5, 0.6) is 5.75 Å². The molecule has 0 spiro atoms. The van der Waals surface area contributed by atoms with E-state index in [-0.39, 0.29) is 12.5 Å². The Morgan fingerprint density at radius 1 is 0.971 bits per heavy atom. The summed E-state index contributed by atoms with van der Waals surface area (Å²) in [5, 5.41) is 3.67. The lowest BCUT2D eigenvalue weighted by molar-refractivity contribution is -0.149. The average Bonchev–Trinajstić information content (AvgIpc) is 3.25. The summed E-state index contributed by atoms with van der Waals surface area (Å²) < 4.78 is 16.5. The molecular weight excluding hydrogens is 448 g/mol. The molecule has 0 unspecified atom stereocenters. The first-order valence-corrected chi connectivity index (χ1v) is 12.0. The van der Waals surface area contributed by atoms with Gasteiger partial charge in [0.2, 0.25) is 0 Å². The zero-order valence-electron chi connectivity index (χ0n) is 20.1. The van der Waals surface area contributed by atoms with E-state index in [0.29, 0.717) is 30.1 Å². The topological polar surface area (TPSA) is 98.1 Å². The van der Waals surface area contributed by atoms with Gasteiger partial charge in [0.05, 0.1) is 0 Å². The van der Waals surface area contributed by atoms with Crippen molar-refractivity contribution in [3.63, 3.8) is 0 Å². The van der Waals surface area contributed by atoms with E-state index in [1.54, 1.807) is 35.2 Å². The second-order valence-electron chi connectivity index (χ2n) is 8.42. The molecule has 2 amide bonds. The summed E-state index contributed by atoms with van der Waals surface area (Å²) in [5.41, 5.74) is 3.11. The molecular formula is C27H30N2O6. The van der Waals surface area contributed by atoms with Crippen molar-refractivity contribution in [3.8, 4) is 5.75 Å². The number of amides is 2. The smallest absolute Gasteiger partial charge is 0.344 e. The number of nitrogens with zero attached hydrogens (tertiary/aromatic N) is 1. The van der Waals surface area contributed by atoms with Crippen molar-refractivity contribution in [1.29, 1.82) is 0 Å². The number of carbonyl (C=O) groups excluding carboxylic acids is 3. The Hall–Kier alpha value is -3.81. The molecule has 1 aliphatic rings. The standard InChI is InChI=1S/C27H30N2O6/c1-3-29(4-2)27(32)18-9-11-19(12-10-18)28-25(30)16-34-26(31)17-33-20-13-14-24-22(15-20)21-7-5-6-8-23(21)35-24/h9-15H,3-8,16-17H2,1-2H3,(H,28,30). The molecule has 184 valence electrons. The van der Waals surface area contributed by atoms with Crippen LogP contribution in [0.1, 0.15) is 48.4 Å². The molecule has 1 aromatic heterocycles. The quantitative estimate of drug-likeness (QED) is 0.459. The maximum Gasteiger partial charge on any atom is 0.344 e. The number of nitrogens with one attached hydrogen (secondary N) is 1. The second-order valence-corrected chi connectivity index (χ2v) is 8.42. The fourth-order valence-corrected chi connectivity index (χ4v) is 4.25. The van der Waals surface area contributed by atoms with E-state index < -0.39 is 18.5 Å². The number of hydrogen-bond donors (Lipinski definition) is 1. The van der Waals surface area contributed by atoms with Crippen LogP contribution in [0.3, 0.4) is 0 Å². The van der Waals surface area contributed by atoms with Gasteiger partial charge in [-0.1, -0.05) is 0 Å². The molecule has 8 nitrogen and oxygen atoms in total. The van der Waals surface area contributed by atoms with Crippen molar-refractivity contribution in [3.05, 3.63) is 59.4 Å². The zero-order chi connectivity index (χ0) is 24.8. The van der Waals surface area contributed by atoms with Crippen LogP contribution in [0.4, 0.5) is 5.69 Å². The summed E-state index contributed by atoms with van der Waals surface area (Å²) in [6, 6.07) is 12.1. The van der Waals surface area contributed by atoms with Crippen molar-refractivity contribution in [2.75, 3.05) is 31.6 Å². The summed E-state index contributed by atoms with van der Waals surface area (Å²) in [6.07, 6.45) is 4.21. The molecule has 8 heteroatoms. The molecule has 0 atom stereocenters. The maximum atomic E-state index is 12.4. The van der Waals surface area contributed by atoms with E-state index in [9.17, 15) is 14.4 Å². The van der Waals surface area contributed by atoms with Crippen molar-refractivity contribution in [1.82, 2.24) is 4.90 Å². The van der Waals surface area contributed by atoms with Crippen molar-refractivity contribution in [2.45, 2.75) is 39.5 Å². The molecule has 0 saturated heterocycles. The predicted molar refractivity (Wildman–Crippen MR) is 132 cm³/mol. The van der Waals surface area contributed by atoms with Gasteiger partial charge in [-0.3, -0.25) is 9.59 Å². The molecule has 3 aromatic rings. The predicted octanol–water partition coefficient (Wildman–Crippen LogP) is 4.35. The van der Waals surface area contributed by atoms with Gasteiger partial charge in [0.25, 0.3) is 11.8 Å². The Balaban J connectivity index is 1.24. The van der Waals surface area contributed by atoms with E-state index in [2.05, 4.69) is 5.32 Å². The van der Waals surface area contributed by atoms with E-state index >= 15 is 0 Å². The number of furan rings is 1. The number of carbonyl (C=O) groups is 3. The van der Waals surface area contributed by atoms with Crippen molar-refractivity contribution in [2.24, 2.45) is 0 Å². The number of hydrogen-bond acceptors (Lipinski definition) is 6. The van der Waals surface area contributed by atoms with Crippen molar-refractivity contribution >= 4 is 34.4 Å². The number of benzene rings is 2. The fraction of sp³-hybridized carbons (Fsp3) is 0.370. The van der Waals surface area contributed by atoms with Crippen LogP contribution in [-0.4, -0.2) is 49.0 Å². The Kier molecular flexibility index (Phi) is 7.70. The number of anilines is 1. The van der Waals surface area contributed by atoms with Gasteiger partial charge >= 0.3 is 5.97 Å². The number of ether oxygens (including phenoxy) is 2. The van der Waals surface area contributed by atoms with Gasteiger partial charge in [-0.2, -0.15) is 0 Å². The Labute approximate surface area is 204 Å². The molecule has 0 radical (unpaired) electrons. The van der Waals surface area contributed by atoms with E-state index in [1.165, 1.54) is 5.56 Å². The van der Waals surface area contributed by atoms with Gasteiger partial charge in [-0.05, 0) is 75.6 Å². The molecule has 1 aliphatic carbocycles. The maximum absolute atomic E-state index is 12.4. The summed E-state index contributed by atoms with van der Waals surface area (Å²) in [7, 11) is 0. The summed E-state index contributed by atoms with van der Waals surface area (Å²) in [4.78, 5) is 38.3. The Bertz CT molecular complexity index is 1210. The van der Waals surface area contributed by atoms with Crippen LogP contribution in [0.2, 0.25) is 0 Å². The summed E-state index contributed by atoms with van der Waals surface area (Å²) >= 11 is 0. The van der Waals surface area contributed by atoms with Gasteiger partial charge in [0.15, 0.2) is 13.2 Å². The van der Waals surface area contributed by atoms with Gasteiger partial charge < -0.3 is 24.1 Å². The SMILES string of the molecule is CCN(CC)C(=O)c1ccc(NC(=O)COC(=O)COc2ccc3oc4c(c3c2)CCCC4)cc1. The van der Waals surface area contributed by atoms with Crippen LogP contribution in [0, 0.1) is 0 Å². The van der Waals surface area contributed by atoms with E-state index in [0.717, 1.165) is 42.4 Å². The highest BCUT2D eigenvalue weighted by Crippen LogP contribution is 2.33. The lowest BCUT2D eigenvalue weighted by Gasteiger charge is -2.18. The van der Waals surface area contributed by atoms with Crippen LogP contribution in [-0.2, 0) is 27.2 Å². The third-order valence-corrected chi connectivity index (χ3v) is 6.11. The largest absolute Gasteiger partial charge is 0.482 e. The molecule has 1 N–H and O–H groups in total. The lowest BCUT2D eigenvalue weighted by Crippen LogP contribution is -2.30. The summed E-state index contributed by atoms with van der Waals surface area (Å²) in [5.74, 6) is 0.405. The zero-order valence-corrected chi connectivity index (χ0v) is 20.1. The van der Waals surface area contributed by atoms with Crippen LogP contribution >= 0.6 is 0 Å².